The Morgan fingerprint density at radius 2 is 1.86 bits per heavy atom. The van der Waals surface area contributed by atoms with Crippen LogP contribution in [0.5, 0.6) is 0 Å². The van der Waals surface area contributed by atoms with E-state index in [9.17, 15) is 15.0 Å². The predicted octanol–water partition coefficient (Wildman–Crippen LogP) is 1.43. The van der Waals surface area contributed by atoms with Gasteiger partial charge in [0.15, 0.2) is 0 Å². The Morgan fingerprint density at radius 3 is 2.29 bits per heavy atom. The number of hydrogen-bond acceptors (Lipinski definition) is 5. The minimum atomic E-state index is -0.678. The fourth-order valence-corrected chi connectivity index (χ4v) is 2.74. The summed E-state index contributed by atoms with van der Waals surface area (Å²) < 4.78 is 0. The molecule has 0 atom stereocenters. The molecule has 0 unspecified atom stereocenters. The van der Waals surface area contributed by atoms with Gasteiger partial charge in [-0.15, -0.1) is 11.3 Å². The van der Waals surface area contributed by atoms with Crippen LogP contribution in [0.1, 0.15) is 38.4 Å². The first kappa shape index (κ1) is 18.1. The van der Waals surface area contributed by atoms with Crippen molar-refractivity contribution in [3.05, 3.63) is 16.1 Å². The second-order valence-electron chi connectivity index (χ2n) is 6.95. The van der Waals surface area contributed by atoms with Gasteiger partial charge in [0.1, 0.15) is 0 Å². The fraction of sp³-hybridized carbons (Fsp3) is 0.733. The SMILES string of the molecule is CN(CC(C)(CO)CO)C(=O)Cc1csc(C(C)(C)C)n1. The van der Waals surface area contributed by atoms with E-state index in [-0.39, 0.29) is 31.0 Å². The second kappa shape index (κ2) is 6.85. The maximum atomic E-state index is 12.2. The van der Waals surface area contributed by atoms with Crippen molar-refractivity contribution in [3.8, 4) is 0 Å². The molecule has 0 spiro atoms. The number of carbonyl (C=O) groups excluding carboxylic acids is 1. The topological polar surface area (TPSA) is 73.7 Å². The van der Waals surface area contributed by atoms with Crippen LogP contribution in [0, 0.1) is 5.41 Å². The van der Waals surface area contributed by atoms with Gasteiger partial charge in [0.05, 0.1) is 30.3 Å². The third-order valence-electron chi connectivity index (χ3n) is 3.33. The van der Waals surface area contributed by atoms with Gasteiger partial charge in [0.25, 0.3) is 0 Å². The summed E-state index contributed by atoms with van der Waals surface area (Å²) in [6.07, 6.45) is 0.246. The van der Waals surface area contributed by atoms with E-state index in [4.69, 9.17) is 0 Å². The zero-order valence-corrected chi connectivity index (χ0v) is 14.3. The van der Waals surface area contributed by atoms with Crippen LogP contribution in [0.2, 0.25) is 0 Å². The van der Waals surface area contributed by atoms with E-state index in [1.54, 1.807) is 30.2 Å². The van der Waals surface area contributed by atoms with Gasteiger partial charge >= 0.3 is 0 Å². The molecule has 0 aliphatic rings. The molecule has 1 rings (SSSR count). The largest absolute Gasteiger partial charge is 0.396 e. The lowest BCUT2D eigenvalue weighted by molar-refractivity contribution is -0.131. The molecule has 0 radical (unpaired) electrons. The average Bonchev–Trinajstić information content (AvgIpc) is 2.87. The molecule has 0 aliphatic heterocycles. The van der Waals surface area contributed by atoms with Gasteiger partial charge < -0.3 is 15.1 Å². The maximum absolute atomic E-state index is 12.2. The number of thiazole rings is 1. The zero-order chi connectivity index (χ0) is 16.3. The summed E-state index contributed by atoms with van der Waals surface area (Å²) in [5.41, 5.74) is 0.0873. The van der Waals surface area contributed by atoms with Crippen molar-refractivity contribution in [2.24, 2.45) is 5.41 Å². The quantitative estimate of drug-likeness (QED) is 0.833. The van der Waals surface area contributed by atoms with Gasteiger partial charge in [-0.3, -0.25) is 4.79 Å². The molecule has 21 heavy (non-hydrogen) atoms. The smallest absolute Gasteiger partial charge is 0.228 e. The Kier molecular flexibility index (Phi) is 5.90. The van der Waals surface area contributed by atoms with Crippen molar-refractivity contribution < 1.29 is 15.0 Å². The number of likely N-dealkylation sites (N-methyl/N-ethyl adjacent to an activating group) is 1. The molecular weight excluding hydrogens is 288 g/mol. The zero-order valence-electron chi connectivity index (χ0n) is 13.5. The minimum absolute atomic E-state index is 0.00971. The van der Waals surface area contributed by atoms with Crippen LogP contribution in [-0.4, -0.2) is 52.8 Å². The van der Waals surface area contributed by atoms with E-state index in [1.807, 2.05) is 5.38 Å². The van der Waals surface area contributed by atoms with Gasteiger partial charge in [0.2, 0.25) is 5.91 Å². The number of carbonyl (C=O) groups is 1. The van der Waals surface area contributed by atoms with Gasteiger partial charge in [-0.05, 0) is 0 Å². The summed E-state index contributed by atoms with van der Waals surface area (Å²) in [7, 11) is 1.68. The Morgan fingerprint density at radius 1 is 1.29 bits per heavy atom. The van der Waals surface area contributed by atoms with Crippen LogP contribution in [0.3, 0.4) is 0 Å². The van der Waals surface area contributed by atoms with Crippen LogP contribution in [0.25, 0.3) is 0 Å². The first-order chi connectivity index (χ1) is 9.61. The van der Waals surface area contributed by atoms with Gasteiger partial charge in [-0.2, -0.15) is 0 Å². The minimum Gasteiger partial charge on any atom is -0.396 e. The Balaban J connectivity index is 2.66. The number of aromatic nitrogens is 1. The lowest BCUT2D eigenvalue weighted by Gasteiger charge is -2.30. The highest BCUT2D eigenvalue weighted by molar-refractivity contribution is 7.09. The van der Waals surface area contributed by atoms with Crippen LogP contribution in [-0.2, 0) is 16.6 Å². The number of hydrogen-bond donors (Lipinski definition) is 2. The van der Waals surface area contributed by atoms with Gasteiger partial charge in [0, 0.05) is 29.8 Å². The lowest BCUT2D eigenvalue weighted by atomic mass is 9.92. The van der Waals surface area contributed by atoms with E-state index in [0.717, 1.165) is 10.7 Å². The summed E-state index contributed by atoms with van der Waals surface area (Å²) in [6.45, 7) is 8.02. The number of aliphatic hydroxyl groups excluding tert-OH is 2. The van der Waals surface area contributed by atoms with E-state index in [2.05, 4.69) is 25.8 Å². The number of nitrogens with zero attached hydrogens (tertiary/aromatic N) is 2. The van der Waals surface area contributed by atoms with Crippen molar-refractivity contribution in [3.63, 3.8) is 0 Å². The van der Waals surface area contributed by atoms with Crippen molar-refractivity contribution in [1.82, 2.24) is 9.88 Å². The standard InChI is InChI=1S/C15H26N2O3S/c1-14(2,3)13-16-11(7-21-13)6-12(20)17(5)8-15(4,9-18)10-19/h7,18-19H,6,8-10H2,1-5H3. The van der Waals surface area contributed by atoms with Crippen molar-refractivity contribution >= 4 is 17.2 Å². The van der Waals surface area contributed by atoms with Crippen molar-refractivity contribution in [2.45, 2.75) is 39.5 Å². The molecule has 2 N–H and O–H groups in total. The monoisotopic (exact) mass is 314 g/mol. The van der Waals surface area contributed by atoms with Crippen LogP contribution in [0.15, 0.2) is 5.38 Å². The summed E-state index contributed by atoms with van der Waals surface area (Å²) in [5.74, 6) is -0.0612. The van der Waals surface area contributed by atoms with Crippen LogP contribution in [0.4, 0.5) is 0 Å². The van der Waals surface area contributed by atoms with Gasteiger partial charge in [-0.25, -0.2) is 4.98 Å². The number of rotatable bonds is 6. The first-order valence-corrected chi connectivity index (χ1v) is 7.90. The molecule has 0 aromatic carbocycles. The van der Waals surface area contributed by atoms with E-state index in [1.165, 1.54) is 0 Å². The normalized spacial score (nSPS) is 12.5. The molecular formula is C15H26N2O3S. The molecule has 0 saturated heterocycles. The van der Waals surface area contributed by atoms with Crippen LogP contribution >= 0.6 is 11.3 Å². The van der Waals surface area contributed by atoms with Crippen LogP contribution < -0.4 is 0 Å². The van der Waals surface area contributed by atoms with E-state index >= 15 is 0 Å². The van der Waals surface area contributed by atoms with Crippen molar-refractivity contribution in [2.75, 3.05) is 26.8 Å². The third-order valence-corrected chi connectivity index (χ3v) is 4.65. The lowest BCUT2D eigenvalue weighted by Crippen LogP contribution is -2.42. The molecule has 1 aromatic heterocycles. The second-order valence-corrected chi connectivity index (χ2v) is 7.81. The summed E-state index contributed by atoms with van der Waals surface area (Å²) in [6, 6.07) is 0. The Hall–Kier alpha value is -0.980. The molecule has 1 heterocycles. The molecule has 0 bridgehead atoms. The summed E-state index contributed by atoms with van der Waals surface area (Å²) in [4.78, 5) is 18.3. The van der Waals surface area contributed by atoms with Crippen molar-refractivity contribution in [1.29, 1.82) is 0 Å². The summed E-state index contributed by atoms with van der Waals surface area (Å²) >= 11 is 1.57. The molecule has 1 amide bonds. The number of aliphatic hydroxyl groups is 2. The molecule has 0 saturated carbocycles. The predicted molar refractivity (Wildman–Crippen MR) is 84.4 cm³/mol. The Labute approximate surface area is 130 Å². The molecule has 6 heteroatoms. The highest BCUT2D eigenvalue weighted by Gasteiger charge is 2.27. The number of amides is 1. The molecule has 1 aromatic rings. The molecule has 120 valence electrons. The average molecular weight is 314 g/mol. The maximum Gasteiger partial charge on any atom is 0.228 e. The van der Waals surface area contributed by atoms with E-state index in [0.29, 0.717) is 6.54 Å². The summed E-state index contributed by atoms with van der Waals surface area (Å²) in [5, 5.41) is 21.5. The van der Waals surface area contributed by atoms with Gasteiger partial charge in [-0.1, -0.05) is 27.7 Å². The highest BCUT2D eigenvalue weighted by Crippen LogP contribution is 2.26. The fourth-order valence-electron chi connectivity index (χ4n) is 1.83. The molecule has 0 aliphatic carbocycles. The highest BCUT2D eigenvalue weighted by atomic mass is 32.1. The third kappa shape index (κ3) is 5.05. The molecule has 5 nitrogen and oxygen atoms in total. The Bertz CT molecular complexity index is 476. The first-order valence-electron chi connectivity index (χ1n) is 7.02. The molecule has 0 fully saturated rings. The van der Waals surface area contributed by atoms with E-state index < -0.39 is 5.41 Å².